The van der Waals surface area contributed by atoms with Gasteiger partial charge in [-0.15, -0.1) is 0 Å². The van der Waals surface area contributed by atoms with Crippen molar-refractivity contribution in [1.82, 2.24) is 9.21 Å². The number of benzene rings is 2. The Morgan fingerprint density at radius 3 is 2.54 bits per heavy atom. The number of hydrogen-bond donors (Lipinski definition) is 2. The molecule has 0 saturated carbocycles. The molecule has 0 aromatic heterocycles. The number of phenolic OH excluding ortho intramolecular Hbond substituents is 1. The lowest BCUT2D eigenvalue weighted by Crippen LogP contribution is -2.42. The van der Waals surface area contributed by atoms with E-state index in [0.717, 1.165) is 48.2 Å². The summed E-state index contributed by atoms with van der Waals surface area (Å²) in [6, 6.07) is 11.8. The maximum atomic E-state index is 13.3. The summed E-state index contributed by atoms with van der Waals surface area (Å²) in [4.78, 5) is 14.7. The zero-order chi connectivity index (χ0) is 25.0. The Kier molecular flexibility index (Phi) is 7.78. The maximum Gasteiger partial charge on any atom is 0.222 e. The Bertz CT molecular complexity index is 1180. The molecule has 0 radical (unpaired) electrons. The van der Waals surface area contributed by atoms with E-state index in [4.69, 9.17) is 10.5 Å². The fraction of sp³-hybridized carbons (Fsp3) is 0.423. The minimum Gasteiger partial charge on any atom is -0.508 e. The Balaban J connectivity index is 1.58. The summed E-state index contributed by atoms with van der Waals surface area (Å²) in [7, 11) is -3.93. The van der Waals surface area contributed by atoms with Crippen molar-refractivity contribution in [2.75, 3.05) is 38.5 Å². The normalized spacial score (nSPS) is 19.5. The van der Waals surface area contributed by atoms with Crippen molar-refractivity contribution in [1.29, 1.82) is 0 Å². The second-order valence-corrected chi connectivity index (χ2v) is 11.1. The van der Waals surface area contributed by atoms with Gasteiger partial charge in [0.05, 0.1) is 6.04 Å². The molecule has 2 aliphatic heterocycles. The fourth-order valence-electron chi connectivity index (χ4n) is 4.84. The molecular weight excluding hydrogens is 466 g/mol. The van der Waals surface area contributed by atoms with Crippen LogP contribution in [0.1, 0.15) is 42.5 Å². The minimum absolute atomic E-state index is 0.138. The molecule has 0 bridgehead atoms. The summed E-state index contributed by atoms with van der Waals surface area (Å²) in [6.07, 6.45) is 4.07. The van der Waals surface area contributed by atoms with E-state index in [9.17, 15) is 18.3 Å². The van der Waals surface area contributed by atoms with Crippen molar-refractivity contribution in [3.8, 4) is 11.5 Å². The van der Waals surface area contributed by atoms with Crippen LogP contribution in [-0.2, 0) is 21.2 Å². The predicted molar refractivity (Wildman–Crippen MR) is 135 cm³/mol. The van der Waals surface area contributed by atoms with E-state index in [-0.39, 0.29) is 18.0 Å². The summed E-state index contributed by atoms with van der Waals surface area (Å²) >= 11 is 0. The molecule has 9 heteroatoms. The van der Waals surface area contributed by atoms with Crippen molar-refractivity contribution in [2.45, 2.75) is 32.2 Å². The standard InChI is InChI=1S/C26H33N3O5S/c1-19(27)16-23(31)18-35(32,33)29-13-10-21-17-22(30)6-9-25(21)26(29)20-4-7-24(8-5-20)34-15-14-28-11-2-3-12-28/h4-9,16-17,26,30H,2-3,10-15,18,27H2,1H3. The monoisotopic (exact) mass is 499 g/mol. The van der Waals surface area contributed by atoms with Gasteiger partial charge in [-0.2, -0.15) is 4.31 Å². The van der Waals surface area contributed by atoms with E-state index in [2.05, 4.69) is 4.90 Å². The zero-order valence-electron chi connectivity index (χ0n) is 20.0. The third kappa shape index (κ3) is 6.22. The van der Waals surface area contributed by atoms with E-state index in [1.165, 1.54) is 17.1 Å². The van der Waals surface area contributed by atoms with Gasteiger partial charge < -0.3 is 15.6 Å². The number of hydrogen-bond acceptors (Lipinski definition) is 7. The minimum atomic E-state index is -3.93. The quantitative estimate of drug-likeness (QED) is 0.510. The topological polar surface area (TPSA) is 113 Å². The summed E-state index contributed by atoms with van der Waals surface area (Å²) in [5.41, 5.74) is 8.27. The molecule has 188 valence electrons. The molecule has 2 aliphatic rings. The molecular formula is C26H33N3O5S. The number of aromatic hydroxyl groups is 1. The number of ether oxygens (including phenoxy) is 1. The average molecular weight is 500 g/mol. The number of rotatable bonds is 9. The maximum absolute atomic E-state index is 13.3. The number of carbonyl (C=O) groups is 1. The van der Waals surface area contributed by atoms with Crippen molar-refractivity contribution in [3.63, 3.8) is 0 Å². The third-order valence-electron chi connectivity index (χ3n) is 6.45. The van der Waals surface area contributed by atoms with Crippen molar-refractivity contribution in [3.05, 3.63) is 70.9 Å². The van der Waals surface area contributed by atoms with Crippen LogP contribution in [0, 0.1) is 0 Å². The van der Waals surface area contributed by atoms with Crippen LogP contribution in [0.15, 0.2) is 54.2 Å². The van der Waals surface area contributed by atoms with Crippen LogP contribution in [0.3, 0.4) is 0 Å². The summed E-state index contributed by atoms with van der Waals surface area (Å²) in [6.45, 7) is 5.47. The number of ketones is 1. The molecule has 3 N–H and O–H groups in total. The van der Waals surface area contributed by atoms with Crippen molar-refractivity contribution < 1.29 is 23.1 Å². The number of phenols is 1. The first-order valence-electron chi connectivity index (χ1n) is 12.0. The molecule has 8 nitrogen and oxygen atoms in total. The average Bonchev–Trinajstić information content (AvgIpc) is 3.31. The highest BCUT2D eigenvalue weighted by Gasteiger charge is 2.37. The zero-order valence-corrected chi connectivity index (χ0v) is 20.8. The van der Waals surface area contributed by atoms with Gasteiger partial charge in [0.2, 0.25) is 10.0 Å². The lowest BCUT2D eigenvalue weighted by molar-refractivity contribution is -0.112. The number of nitrogens with two attached hydrogens (primary N) is 1. The second kappa shape index (κ2) is 10.8. The smallest absolute Gasteiger partial charge is 0.222 e. The van der Waals surface area contributed by atoms with Gasteiger partial charge in [-0.1, -0.05) is 18.2 Å². The highest BCUT2D eigenvalue weighted by Crippen LogP contribution is 2.38. The Labute approximate surface area is 207 Å². The molecule has 0 amide bonds. The largest absolute Gasteiger partial charge is 0.508 e. The predicted octanol–water partition coefficient (Wildman–Crippen LogP) is 2.58. The molecule has 2 aromatic carbocycles. The van der Waals surface area contributed by atoms with Gasteiger partial charge in [0.25, 0.3) is 0 Å². The second-order valence-electron chi connectivity index (χ2n) is 9.22. The number of carbonyl (C=O) groups excluding carboxylic acids is 1. The number of likely N-dealkylation sites (tertiary alicyclic amines) is 1. The van der Waals surface area contributed by atoms with Gasteiger partial charge in [-0.3, -0.25) is 9.69 Å². The third-order valence-corrected chi connectivity index (χ3v) is 8.21. The number of sulfonamides is 1. The molecule has 2 heterocycles. The molecule has 35 heavy (non-hydrogen) atoms. The summed E-state index contributed by atoms with van der Waals surface area (Å²) in [5.74, 6) is -0.340. The van der Waals surface area contributed by atoms with E-state index in [1.54, 1.807) is 25.1 Å². The van der Waals surface area contributed by atoms with Crippen molar-refractivity contribution in [2.24, 2.45) is 5.73 Å². The van der Waals surface area contributed by atoms with Gasteiger partial charge in [0, 0.05) is 24.9 Å². The first-order valence-corrected chi connectivity index (χ1v) is 13.6. The lowest BCUT2D eigenvalue weighted by atomic mass is 9.89. The number of fused-ring (bicyclic) bond motifs is 1. The summed E-state index contributed by atoms with van der Waals surface area (Å²) < 4.78 is 33.9. The molecule has 1 unspecified atom stereocenters. The SMILES string of the molecule is CC(N)=CC(=O)CS(=O)(=O)N1CCc2cc(O)ccc2C1c1ccc(OCCN2CCCC2)cc1. The van der Waals surface area contributed by atoms with Crippen LogP contribution >= 0.6 is 0 Å². The molecule has 0 aliphatic carbocycles. The van der Waals surface area contributed by atoms with Crippen LogP contribution < -0.4 is 10.5 Å². The highest BCUT2D eigenvalue weighted by molar-refractivity contribution is 7.89. The lowest BCUT2D eigenvalue weighted by Gasteiger charge is -2.36. The Hall–Kier alpha value is -2.88. The van der Waals surface area contributed by atoms with Gasteiger partial charge in [-0.25, -0.2) is 8.42 Å². The molecule has 1 fully saturated rings. The van der Waals surface area contributed by atoms with Crippen LogP contribution in [0.5, 0.6) is 11.5 Å². The van der Waals surface area contributed by atoms with Gasteiger partial charge in [0.15, 0.2) is 5.78 Å². The first kappa shape index (κ1) is 25.2. The highest BCUT2D eigenvalue weighted by atomic mass is 32.2. The van der Waals surface area contributed by atoms with Gasteiger partial charge >= 0.3 is 0 Å². The van der Waals surface area contributed by atoms with E-state index in [0.29, 0.717) is 13.0 Å². The van der Waals surface area contributed by atoms with Gasteiger partial charge in [0.1, 0.15) is 23.9 Å². The van der Waals surface area contributed by atoms with E-state index >= 15 is 0 Å². The fourth-order valence-corrected chi connectivity index (χ4v) is 6.37. The summed E-state index contributed by atoms with van der Waals surface area (Å²) in [5, 5.41) is 9.96. The number of allylic oxidation sites excluding steroid dienone is 2. The molecule has 1 saturated heterocycles. The number of nitrogens with zero attached hydrogens (tertiary/aromatic N) is 2. The molecule has 1 atom stereocenters. The van der Waals surface area contributed by atoms with Crippen LogP contribution in [0.2, 0.25) is 0 Å². The Morgan fingerprint density at radius 1 is 1.14 bits per heavy atom. The van der Waals surface area contributed by atoms with E-state index in [1.807, 2.05) is 24.3 Å². The van der Waals surface area contributed by atoms with Gasteiger partial charge in [-0.05, 0) is 80.2 Å². The Morgan fingerprint density at radius 2 is 1.86 bits per heavy atom. The molecule has 0 spiro atoms. The van der Waals surface area contributed by atoms with Crippen LogP contribution in [-0.4, -0.2) is 67.1 Å². The molecule has 2 aromatic rings. The van der Waals surface area contributed by atoms with Crippen molar-refractivity contribution >= 4 is 15.8 Å². The van der Waals surface area contributed by atoms with Crippen LogP contribution in [0.25, 0.3) is 0 Å². The van der Waals surface area contributed by atoms with E-state index < -0.39 is 27.6 Å². The van der Waals surface area contributed by atoms with Crippen LogP contribution in [0.4, 0.5) is 0 Å². The first-order chi connectivity index (χ1) is 16.7. The molecule has 4 rings (SSSR count).